The van der Waals surface area contributed by atoms with Crippen molar-refractivity contribution >= 4 is 11.6 Å². The molecule has 0 heterocycles. The Labute approximate surface area is 119 Å². The average molecular weight is 286 g/mol. The highest BCUT2D eigenvalue weighted by Gasteiger charge is 2.09. The van der Waals surface area contributed by atoms with Crippen molar-refractivity contribution in [3.8, 4) is 5.75 Å². The first-order valence-corrected chi connectivity index (χ1v) is 6.67. The Balaban J connectivity index is 2.71. The minimum absolute atomic E-state index is 0.00864. The highest BCUT2D eigenvalue weighted by Crippen LogP contribution is 2.18. The Morgan fingerprint density at radius 2 is 2.05 bits per heavy atom. The van der Waals surface area contributed by atoms with Crippen molar-refractivity contribution in [3.63, 3.8) is 0 Å². The first-order valence-electron chi connectivity index (χ1n) is 6.23. The minimum atomic E-state index is -0.296. The van der Waals surface area contributed by atoms with Gasteiger partial charge in [0, 0.05) is 23.7 Å². The molecular formula is C15H21ClFNO. The van der Waals surface area contributed by atoms with Crippen molar-refractivity contribution in [2.75, 3.05) is 6.61 Å². The number of hydrogen-bond donors (Lipinski definition) is 1. The minimum Gasteiger partial charge on any atom is -0.489 e. The van der Waals surface area contributed by atoms with Crippen molar-refractivity contribution in [1.82, 2.24) is 5.32 Å². The molecule has 0 bridgehead atoms. The lowest BCUT2D eigenvalue weighted by Gasteiger charge is -2.20. The van der Waals surface area contributed by atoms with Crippen molar-refractivity contribution < 1.29 is 9.13 Å². The zero-order chi connectivity index (χ0) is 14.5. The van der Waals surface area contributed by atoms with Crippen molar-refractivity contribution in [1.29, 1.82) is 0 Å². The van der Waals surface area contributed by atoms with Crippen molar-refractivity contribution in [3.05, 3.63) is 40.7 Å². The van der Waals surface area contributed by atoms with Gasteiger partial charge in [0.15, 0.2) is 0 Å². The Bertz CT molecular complexity index is 452. The van der Waals surface area contributed by atoms with Gasteiger partial charge in [-0.2, -0.15) is 0 Å². The second kappa shape index (κ2) is 6.92. The van der Waals surface area contributed by atoms with Crippen LogP contribution in [0.5, 0.6) is 5.75 Å². The van der Waals surface area contributed by atoms with Crippen LogP contribution in [0.25, 0.3) is 0 Å². The van der Waals surface area contributed by atoms with E-state index in [-0.39, 0.29) is 11.4 Å². The van der Waals surface area contributed by atoms with Crippen LogP contribution in [-0.2, 0) is 6.54 Å². The summed E-state index contributed by atoms with van der Waals surface area (Å²) in [5.41, 5.74) is 3.20. The van der Waals surface area contributed by atoms with E-state index >= 15 is 0 Å². The van der Waals surface area contributed by atoms with Crippen LogP contribution < -0.4 is 10.1 Å². The fourth-order valence-electron chi connectivity index (χ4n) is 1.40. The molecule has 0 fully saturated rings. The van der Waals surface area contributed by atoms with E-state index < -0.39 is 0 Å². The molecule has 106 valence electrons. The van der Waals surface area contributed by atoms with Crippen LogP contribution in [0.1, 0.15) is 33.3 Å². The van der Waals surface area contributed by atoms with Gasteiger partial charge < -0.3 is 10.1 Å². The molecular weight excluding hydrogens is 265 g/mol. The van der Waals surface area contributed by atoms with Crippen LogP contribution in [0.4, 0.5) is 4.39 Å². The molecule has 0 saturated carbocycles. The second-order valence-corrected chi connectivity index (χ2v) is 5.86. The van der Waals surface area contributed by atoms with Crippen LogP contribution in [0, 0.1) is 5.82 Å². The number of ether oxygens (including phenoxy) is 1. The van der Waals surface area contributed by atoms with Gasteiger partial charge in [0.1, 0.15) is 18.2 Å². The predicted molar refractivity (Wildman–Crippen MR) is 78.1 cm³/mol. The number of halogens is 2. The molecule has 0 aliphatic carbocycles. The third-order valence-corrected chi connectivity index (χ3v) is 2.78. The third-order valence-electron chi connectivity index (χ3n) is 2.41. The lowest BCUT2D eigenvalue weighted by molar-refractivity contribution is 0.349. The fourth-order valence-corrected chi connectivity index (χ4v) is 1.47. The zero-order valence-corrected chi connectivity index (χ0v) is 12.6. The summed E-state index contributed by atoms with van der Waals surface area (Å²) in [6.45, 7) is 9.02. The van der Waals surface area contributed by atoms with E-state index in [0.717, 1.165) is 11.1 Å². The summed E-state index contributed by atoms with van der Waals surface area (Å²) >= 11 is 5.55. The Morgan fingerprint density at radius 1 is 1.37 bits per heavy atom. The van der Waals surface area contributed by atoms with Crippen LogP contribution in [-0.4, -0.2) is 12.1 Å². The van der Waals surface area contributed by atoms with Gasteiger partial charge in [-0.1, -0.05) is 11.6 Å². The van der Waals surface area contributed by atoms with Gasteiger partial charge in [0.25, 0.3) is 0 Å². The maximum Gasteiger partial charge on any atom is 0.127 e. The molecule has 0 aromatic heterocycles. The Morgan fingerprint density at radius 3 is 2.63 bits per heavy atom. The average Bonchev–Trinajstić information content (AvgIpc) is 2.32. The molecule has 0 spiro atoms. The number of hydrogen-bond acceptors (Lipinski definition) is 2. The predicted octanol–water partition coefficient (Wildman–Crippen LogP) is 4.24. The summed E-state index contributed by atoms with van der Waals surface area (Å²) in [5.74, 6) is 0.222. The van der Waals surface area contributed by atoms with Crippen LogP contribution in [0.15, 0.2) is 29.3 Å². The molecule has 2 nitrogen and oxygen atoms in total. The molecule has 1 aromatic rings. The van der Waals surface area contributed by atoms with Gasteiger partial charge >= 0.3 is 0 Å². The van der Waals surface area contributed by atoms with Crippen LogP contribution in [0.2, 0.25) is 0 Å². The SMILES string of the molecule is C/C(=C/Cl)COc1cc(F)cc(CNC(C)(C)C)c1. The fraction of sp³-hybridized carbons (Fsp3) is 0.467. The number of benzene rings is 1. The van der Waals surface area contributed by atoms with Crippen LogP contribution in [0.3, 0.4) is 0 Å². The molecule has 0 radical (unpaired) electrons. The maximum absolute atomic E-state index is 13.5. The molecule has 0 aliphatic rings. The van der Waals surface area contributed by atoms with Crippen LogP contribution >= 0.6 is 11.6 Å². The quantitative estimate of drug-likeness (QED) is 0.874. The summed E-state index contributed by atoms with van der Waals surface area (Å²) in [7, 11) is 0. The van der Waals surface area contributed by atoms with Gasteiger partial charge in [-0.15, -0.1) is 0 Å². The van der Waals surface area contributed by atoms with Gasteiger partial charge in [-0.25, -0.2) is 4.39 Å². The monoisotopic (exact) mass is 285 g/mol. The van der Waals surface area contributed by atoms with Gasteiger partial charge in [0.2, 0.25) is 0 Å². The highest BCUT2D eigenvalue weighted by molar-refractivity contribution is 6.25. The molecule has 0 aliphatic heterocycles. The molecule has 0 atom stereocenters. The maximum atomic E-state index is 13.5. The van der Waals surface area contributed by atoms with E-state index in [1.807, 2.05) is 13.0 Å². The first-order chi connectivity index (χ1) is 8.80. The number of rotatable bonds is 5. The normalized spacial score (nSPS) is 12.6. The number of nitrogens with one attached hydrogen (secondary N) is 1. The standard InChI is InChI=1S/C15H21ClFNO/c1-11(8-16)10-19-14-6-12(5-13(17)7-14)9-18-15(2,3)4/h5-8,18H,9-10H2,1-4H3/b11-8-. The van der Waals surface area contributed by atoms with Gasteiger partial charge in [-0.05, 0) is 51.0 Å². The van der Waals surface area contributed by atoms with Crippen molar-refractivity contribution in [2.45, 2.75) is 39.8 Å². The molecule has 0 amide bonds. The summed E-state index contributed by atoms with van der Waals surface area (Å²) in [6.07, 6.45) is 0. The summed E-state index contributed by atoms with van der Waals surface area (Å²) in [5, 5.41) is 3.31. The third kappa shape index (κ3) is 6.60. The molecule has 0 saturated heterocycles. The highest BCUT2D eigenvalue weighted by atomic mass is 35.5. The lowest BCUT2D eigenvalue weighted by Crippen LogP contribution is -2.35. The largest absolute Gasteiger partial charge is 0.489 e. The Kier molecular flexibility index (Phi) is 5.83. The van der Waals surface area contributed by atoms with E-state index in [1.165, 1.54) is 17.7 Å². The molecule has 1 aromatic carbocycles. The van der Waals surface area contributed by atoms with E-state index in [9.17, 15) is 4.39 Å². The molecule has 1 N–H and O–H groups in total. The van der Waals surface area contributed by atoms with E-state index in [0.29, 0.717) is 18.9 Å². The molecule has 4 heteroatoms. The second-order valence-electron chi connectivity index (χ2n) is 5.64. The van der Waals surface area contributed by atoms with Crippen molar-refractivity contribution in [2.24, 2.45) is 0 Å². The zero-order valence-electron chi connectivity index (χ0n) is 11.9. The summed E-state index contributed by atoms with van der Waals surface area (Å²) in [6, 6.07) is 4.72. The Hall–Kier alpha value is -1.06. The van der Waals surface area contributed by atoms with E-state index in [4.69, 9.17) is 16.3 Å². The molecule has 19 heavy (non-hydrogen) atoms. The topological polar surface area (TPSA) is 21.3 Å². The molecule has 0 unspecified atom stereocenters. The van der Waals surface area contributed by atoms with E-state index in [2.05, 4.69) is 26.1 Å². The van der Waals surface area contributed by atoms with Gasteiger partial charge in [0.05, 0.1) is 0 Å². The van der Waals surface area contributed by atoms with Gasteiger partial charge in [-0.3, -0.25) is 0 Å². The lowest BCUT2D eigenvalue weighted by atomic mass is 10.1. The smallest absolute Gasteiger partial charge is 0.127 e. The first kappa shape index (κ1) is 16.0. The molecule has 1 rings (SSSR count). The summed E-state index contributed by atoms with van der Waals surface area (Å²) in [4.78, 5) is 0. The van der Waals surface area contributed by atoms with E-state index in [1.54, 1.807) is 0 Å². The summed E-state index contributed by atoms with van der Waals surface area (Å²) < 4.78 is 19.0.